The molecule has 0 saturated heterocycles. The summed E-state index contributed by atoms with van der Waals surface area (Å²) in [4.78, 5) is 13.6. The SMILES string of the molecule is CN(C(=O)CC1CCC1)c1cc(Cl)ccc1N. The van der Waals surface area contributed by atoms with Crippen LogP contribution in [0.5, 0.6) is 0 Å². The predicted molar refractivity (Wildman–Crippen MR) is 71.2 cm³/mol. The Morgan fingerprint density at radius 3 is 2.82 bits per heavy atom. The standard InChI is InChI=1S/C13H17ClN2O/c1-16(13(17)7-9-3-2-4-9)12-8-10(14)5-6-11(12)15/h5-6,8-9H,2-4,7,15H2,1H3. The molecule has 1 aromatic carbocycles. The van der Waals surface area contributed by atoms with Crippen LogP contribution in [0.1, 0.15) is 25.7 Å². The number of carbonyl (C=O) groups excluding carboxylic acids is 1. The maximum absolute atomic E-state index is 12.0. The first-order valence-corrected chi connectivity index (χ1v) is 6.27. The average Bonchev–Trinajstić information content (AvgIpc) is 2.25. The van der Waals surface area contributed by atoms with Crippen molar-refractivity contribution >= 4 is 28.9 Å². The Morgan fingerprint density at radius 2 is 2.24 bits per heavy atom. The number of carbonyl (C=O) groups is 1. The number of hydrogen-bond donors (Lipinski definition) is 1. The van der Waals surface area contributed by atoms with Crippen LogP contribution in [0.4, 0.5) is 11.4 Å². The van der Waals surface area contributed by atoms with E-state index in [2.05, 4.69) is 0 Å². The van der Waals surface area contributed by atoms with Crippen LogP contribution >= 0.6 is 11.6 Å². The van der Waals surface area contributed by atoms with Gasteiger partial charge in [-0.25, -0.2) is 0 Å². The van der Waals surface area contributed by atoms with Gasteiger partial charge in [0, 0.05) is 18.5 Å². The second-order valence-corrected chi connectivity index (χ2v) is 5.09. The zero-order valence-electron chi connectivity index (χ0n) is 9.95. The zero-order chi connectivity index (χ0) is 12.4. The second-order valence-electron chi connectivity index (χ2n) is 4.66. The molecule has 1 aromatic rings. The molecule has 2 N–H and O–H groups in total. The van der Waals surface area contributed by atoms with Crippen molar-refractivity contribution in [3.8, 4) is 0 Å². The monoisotopic (exact) mass is 252 g/mol. The number of amides is 1. The minimum atomic E-state index is 0.115. The topological polar surface area (TPSA) is 46.3 Å². The van der Waals surface area contributed by atoms with E-state index in [1.165, 1.54) is 19.3 Å². The summed E-state index contributed by atoms with van der Waals surface area (Å²) in [5.74, 6) is 0.675. The van der Waals surface area contributed by atoms with Gasteiger partial charge in [0.2, 0.25) is 5.91 Å². The predicted octanol–water partition coefficient (Wildman–Crippen LogP) is 3.08. The normalized spacial score (nSPS) is 15.4. The molecule has 0 aliphatic heterocycles. The summed E-state index contributed by atoms with van der Waals surface area (Å²) in [6.07, 6.45) is 4.21. The number of nitrogen functional groups attached to an aromatic ring is 1. The highest BCUT2D eigenvalue weighted by molar-refractivity contribution is 6.31. The molecule has 1 aliphatic rings. The number of anilines is 2. The first-order chi connectivity index (χ1) is 8.08. The third-order valence-corrected chi connectivity index (χ3v) is 3.65. The lowest BCUT2D eigenvalue weighted by Gasteiger charge is -2.27. The van der Waals surface area contributed by atoms with Crippen molar-refractivity contribution in [2.24, 2.45) is 5.92 Å². The van der Waals surface area contributed by atoms with Crippen LogP contribution < -0.4 is 10.6 Å². The summed E-state index contributed by atoms with van der Waals surface area (Å²) in [5, 5.41) is 0.595. The van der Waals surface area contributed by atoms with Gasteiger partial charge in [0.25, 0.3) is 0 Å². The Balaban J connectivity index is 2.09. The lowest BCUT2D eigenvalue weighted by atomic mass is 9.82. The van der Waals surface area contributed by atoms with Gasteiger partial charge in [0.15, 0.2) is 0 Å². The summed E-state index contributed by atoms with van der Waals surface area (Å²) in [6, 6.07) is 5.19. The molecular weight excluding hydrogens is 236 g/mol. The van der Waals surface area contributed by atoms with Crippen LogP contribution in [0, 0.1) is 5.92 Å². The lowest BCUT2D eigenvalue weighted by molar-refractivity contribution is -0.119. The van der Waals surface area contributed by atoms with Crippen molar-refractivity contribution in [1.29, 1.82) is 0 Å². The average molecular weight is 253 g/mol. The van der Waals surface area contributed by atoms with Crippen LogP contribution in [0.2, 0.25) is 5.02 Å². The van der Waals surface area contributed by atoms with Gasteiger partial charge in [0.1, 0.15) is 0 Å². The molecule has 92 valence electrons. The molecule has 1 amide bonds. The van der Waals surface area contributed by atoms with E-state index in [9.17, 15) is 4.79 Å². The molecular formula is C13H17ClN2O. The number of rotatable bonds is 3. The number of halogens is 1. The summed E-state index contributed by atoms with van der Waals surface area (Å²) >= 11 is 5.92. The van der Waals surface area contributed by atoms with Crippen LogP contribution in [0.25, 0.3) is 0 Å². The van der Waals surface area contributed by atoms with E-state index >= 15 is 0 Å². The Morgan fingerprint density at radius 1 is 1.53 bits per heavy atom. The van der Waals surface area contributed by atoms with E-state index in [1.54, 1.807) is 30.1 Å². The van der Waals surface area contributed by atoms with Crippen molar-refractivity contribution in [3.05, 3.63) is 23.2 Å². The highest BCUT2D eigenvalue weighted by Crippen LogP contribution is 2.32. The second kappa shape index (κ2) is 4.96. The number of hydrogen-bond acceptors (Lipinski definition) is 2. The Kier molecular flexibility index (Phi) is 3.57. The largest absolute Gasteiger partial charge is 0.397 e. The van der Waals surface area contributed by atoms with Gasteiger partial charge in [-0.15, -0.1) is 0 Å². The third kappa shape index (κ3) is 2.72. The van der Waals surface area contributed by atoms with Crippen LogP contribution in [0.3, 0.4) is 0 Å². The highest BCUT2D eigenvalue weighted by Gasteiger charge is 2.23. The summed E-state index contributed by atoms with van der Waals surface area (Å²) in [5.41, 5.74) is 7.13. The molecule has 1 fully saturated rings. The maximum atomic E-state index is 12.0. The minimum Gasteiger partial charge on any atom is -0.397 e. The Labute approximate surface area is 107 Å². The maximum Gasteiger partial charge on any atom is 0.227 e. The quantitative estimate of drug-likeness (QED) is 0.841. The smallest absolute Gasteiger partial charge is 0.227 e. The molecule has 3 nitrogen and oxygen atoms in total. The fourth-order valence-corrected chi connectivity index (χ4v) is 2.19. The molecule has 1 aliphatic carbocycles. The molecule has 1 saturated carbocycles. The molecule has 0 atom stereocenters. The fourth-order valence-electron chi connectivity index (χ4n) is 2.02. The van der Waals surface area contributed by atoms with Crippen LogP contribution in [-0.2, 0) is 4.79 Å². The molecule has 0 radical (unpaired) electrons. The molecule has 0 bridgehead atoms. The molecule has 4 heteroatoms. The highest BCUT2D eigenvalue weighted by atomic mass is 35.5. The van der Waals surface area contributed by atoms with E-state index in [-0.39, 0.29) is 5.91 Å². The van der Waals surface area contributed by atoms with Gasteiger partial charge < -0.3 is 10.6 Å². The number of benzene rings is 1. The molecule has 17 heavy (non-hydrogen) atoms. The van der Waals surface area contributed by atoms with Gasteiger partial charge in [-0.1, -0.05) is 18.0 Å². The van der Waals surface area contributed by atoms with Crippen molar-refractivity contribution in [2.75, 3.05) is 17.7 Å². The molecule has 0 spiro atoms. The fraction of sp³-hybridized carbons (Fsp3) is 0.462. The van der Waals surface area contributed by atoms with Crippen molar-refractivity contribution in [3.63, 3.8) is 0 Å². The first kappa shape index (κ1) is 12.2. The van der Waals surface area contributed by atoms with Crippen molar-refractivity contribution < 1.29 is 4.79 Å². The van der Waals surface area contributed by atoms with Gasteiger partial charge in [-0.2, -0.15) is 0 Å². The lowest BCUT2D eigenvalue weighted by Crippen LogP contribution is -2.30. The van der Waals surface area contributed by atoms with Gasteiger partial charge in [-0.05, 0) is 37.0 Å². The first-order valence-electron chi connectivity index (χ1n) is 5.89. The van der Waals surface area contributed by atoms with Gasteiger partial charge in [-0.3, -0.25) is 4.79 Å². The molecule has 0 aromatic heterocycles. The van der Waals surface area contributed by atoms with E-state index in [1.807, 2.05) is 0 Å². The van der Waals surface area contributed by atoms with Crippen LogP contribution in [0.15, 0.2) is 18.2 Å². The van der Waals surface area contributed by atoms with Gasteiger partial charge >= 0.3 is 0 Å². The van der Waals surface area contributed by atoms with Crippen LogP contribution in [-0.4, -0.2) is 13.0 Å². The van der Waals surface area contributed by atoms with Gasteiger partial charge in [0.05, 0.1) is 11.4 Å². The van der Waals surface area contributed by atoms with Crippen molar-refractivity contribution in [2.45, 2.75) is 25.7 Å². The van der Waals surface area contributed by atoms with Crippen molar-refractivity contribution in [1.82, 2.24) is 0 Å². The third-order valence-electron chi connectivity index (χ3n) is 3.42. The minimum absolute atomic E-state index is 0.115. The Hall–Kier alpha value is -1.22. The Bertz CT molecular complexity index is 429. The molecule has 0 heterocycles. The number of nitrogens with two attached hydrogens (primary N) is 1. The van der Waals surface area contributed by atoms with E-state index in [0.717, 1.165) is 0 Å². The van der Waals surface area contributed by atoms with E-state index in [0.29, 0.717) is 28.7 Å². The summed E-state index contributed by atoms with van der Waals surface area (Å²) in [6.45, 7) is 0. The van der Waals surface area contributed by atoms with E-state index < -0.39 is 0 Å². The summed E-state index contributed by atoms with van der Waals surface area (Å²) in [7, 11) is 1.75. The summed E-state index contributed by atoms with van der Waals surface area (Å²) < 4.78 is 0. The number of nitrogens with zero attached hydrogens (tertiary/aromatic N) is 1. The molecule has 0 unspecified atom stereocenters. The molecule has 2 rings (SSSR count). The zero-order valence-corrected chi connectivity index (χ0v) is 10.7. The van der Waals surface area contributed by atoms with E-state index in [4.69, 9.17) is 17.3 Å².